The van der Waals surface area contributed by atoms with E-state index >= 15 is 0 Å². The first-order valence-electron chi connectivity index (χ1n) is 11.9. The van der Waals surface area contributed by atoms with Crippen molar-refractivity contribution in [2.75, 3.05) is 0 Å². The van der Waals surface area contributed by atoms with Gasteiger partial charge in [0.2, 0.25) is 0 Å². The molecule has 0 heterocycles. The molecule has 2 atom stereocenters. The van der Waals surface area contributed by atoms with Crippen LogP contribution < -0.4 is 10.6 Å². The zero-order chi connectivity index (χ0) is 21.9. The highest BCUT2D eigenvalue weighted by atomic mass is 14.9. The number of benzene rings is 2. The highest BCUT2D eigenvalue weighted by molar-refractivity contribution is 5.27. The quantitative estimate of drug-likeness (QED) is 0.394. The summed E-state index contributed by atoms with van der Waals surface area (Å²) in [5, 5.41) is 7.29. The molecule has 0 saturated carbocycles. The van der Waals surface area contributed by atoms with Crippen LogP contribution in [0.1, 0.15) is 76.6 Å². The summed E-state index contributed by atoms with van der Waals surface area (Å²) in [5.74, 6) is 1.41. The molecule has 0 aromatic heterocycles. The lowest BCUT2D eigenvalue weighted by atomic mass is 9.92. The molecule has 0 aliphatic rings. The van der Waals surface area contributed by atoms with Crippen molar-refractivity contribution >= 4 is 0 Å². The standard InChI is InChI=1S/C28H44N2/c1-21(2)16-25-10-9-11-26(18-25)19-30-24(6)15-14-23(5)17-27-12-7-8-13-28(27)20-29-22(3)4/h7-13,18,21-24,29-30H,14-17,19-20H2,1-6H3. The second-order valence-electron chi connectivity index (χ2n) is 9.89. The maximum Gasteiger partial charge on any atom is 0.0210 e. The molecule has 166 valence electrons. The third kappa shape index (κ3) is 9.45. The van der Waals surface area contributed by atoms with E-state index < -0.39 is 0 Å². The fourth-order valence-corrected chi connectivity index (χ4v) is 3.99. The zero-order valence-electron chi connectivity index (χ0n) is 20.2. The summed E-state index contributed by atoms with van der Waals surface area (Å²) in [6.45, 7) is 15.6. The largest absolute Gasteiger partial charge is 0.310 e. The second-order valence-corrected chi connectivity index (χ2v) is 9.89. The molecule has 0 saturated heterocycles. The van der Waals surface area contributed by atoms with Crippen LogP contribution in [0.2, 0.25) is 0 Å². The Morgan fingerprint density at radius 3 is 2.07 bits per heavy atom. The minimum atomic E-state index is 0.522. The average molecular weight is 409 g/mol. The van der Waals surface area contributed by atoms with Crippen LogP contribution in [0, 0.1) is 11.8 Å². The van der Waals surface area contributed by atoms with Gasteiger partial charge in [-0.2, -0.15) is 0 Å². The van der Waals surface area contributed by atoms with Crippen LogP contribution in [0.4, 0.5) is 0 Å². The predicted octanol–water partition coefficient (Wildman–Crippen LogP) is 6.52. The molecule has 2 unspecified atom stereocenters. The maximum absolute atomic E-state index is 3.73. The SMILES string of the molecule is CC(C)Cc1cccc(CNC(C)CCC(C)Cc2ccccc2CNC(C)C)c1. The van der Waals surface area contributed by atoms with E-state index in [1.54, 1.807) is 0 Å². The van der Waals surface area contributed by atoms with Gasteiger partial charge in [-0.25, -0.2) is 0 Å². The first kappa shape index (κ1) is 24.6. The number of rotatable bonds is 13. The minimum absolute atomic E-state index is 0.522. The summed E-state index contributed by atoms with van der Waals surface area (Å²) in [4.78, 5) is 0. The van der Waals surface area contributed by atoms with Gasteiger partial charge in [0.15, 0.2) is 0 Å². The van der Waals surface area contributed by atoms with Gasteiger partial charge in [-0.3, -0.25) is 0 Å². The summed E-state index contributed by atoms with van der Waals surface area (Å²) in [6, 6.07) is 19.0. The Morgan fingerprint density at radius 1 is 0.667 bits per heavy atom. The Hall–Kier alpha value is -1.64. The van der Waals surface area contributed by atoms with E-state index in [9.17, 15) is 0 Å². The van der Waals surface area contributed by atoms with Crippen molar-refractivity contribution in [1.82, 2.24) is 10.6 Å². The number of hydrogen-bond acceptors (Lipinski definition) is 2. The van der Waals surface area contributed by atoms with Gasteiger partial charge < -0.3 is 10.6 Å². The molecular weight excluding hydrogens is 364 g/mol. The molecule has 0 spiro atoms. The smallest absolute Gasteiger partial charge is 0.0210 e. The third-order valence-corrected chi connectivity index (χ3v) is 5.77. The lowest BCUT2D eigenvalue weighted by Crippen LogP contribution is -2.26. The van der Waals surface area contributed by atoms with Crippen molar-refractivity contribution in [1.29, 1.82) is 0 Å². The van der Waals surface area contributed by atoms with E-state index in [0.717, 1.165) is 19.5 Å². The number of nitrogens with one attached hydrogen (secondary N) is 2. The van der Waals surface area contributed by atoms with Crippen molar-refractivity contribution in [3.05, 3.63) is 70.8 Å². The van der Waals surface area contributed by atoms with Crippen LogP contribution in [0.25, 0.3) is 0 Å². The zero-order valence-corrected chi connectivity index (χ0v) is 20.2. The molecule has 0 amide bonds. The first-order chi connectivity index (χ1) is 14.3. The average Bonchev–Trinajstić information content (AvgIpc) is 2.70. The van der Waals surface area contributed by atoms with Crippen LogP contribution in [0.3, 0.4) is 0 Å². The summed E-state index contributed by atoms with van der Waals surface area (Å²) < 4.78 is 0. The Balaban J connectivity index is 1.76. The molecule has 0 bridgehead atoms. The summed E-state index contributed by atoms with van der Waals surface area (Å²) in [6.07, 6.45) is 4.81. The molecule has 0 aliphatic carbocycles. The van der Waals surface area contributed by atoms with Gasteiger partial charge in [-0.15, -0.1) is 0 Å². The van der Waals surface area contributed by atoms with Crippen LogP contribution in [-0.4, -0.2) is 12.1 Å². The van der Waals surface area contributed by atoms with Crippen LogP contribution in [0.5, 0.6) is 0 Å². The minimum Gasteiger partial charge on any atom is -0.310 e. The molecule has 2 aromatic carbocycles. The van der Waals surface area contributed by atoms with Crippen LogP contribution in [0.15, 0.2) is 48.5 Å². The van der Waals surface area contributed by atoms with Crippen LogP contribution in [-0.2, 0) is 25.9 Å². The van der Waals surface area contributed by atoms with Crippen molar-refractivity contribution in [2.45, 2.75) is 92.4 Å². The maximum atomic E-state index is 3.73. The number of hydrogen-bond donors (Lipinski definition) is 2. The lowest BCUT2D eigenvalue weighted by molar-refractivity contribution is 0.430. The van der Waals surface area contributed by atoms with Crippen molar-refractivity contribution in [3.63, 3.8) is 0 Å². The van der Waals surface area contributed by atoms with Crippen molar-refractivity contribution < 1.29 is 0 Å². The van der Waals surface area contributed by atoms with Gasteiger partial charge in [0.25, 0.3) is 0 Å². The molecule has 0 fully saturated rings. The van der Waals surface area contributed by atoms with E-state index in [1.807, 2.05) is 0 Å². The van der Waals surface area contributed by atoms with Gasteiger partial charge in [-0.1, -0.05) is 83.1 Å². The topological polar surface area (TPSA) is 24.1 Å². The van der Waals surface area contributed by atoms with Crippen molar-refractivity contribution in [3.8, 4) is 0 Å². The summed E-state index contributed by atoms with van der Waals surface area (Å²) in [5.41, 5.74) is 5.81. The molecule has 30 heavy (non-hydrogen) atoms. The molecule has 2 rings (SSSR count). The molecule has 2 aromatic rings. The Labute approximate surface area is 185 Å². The normalized spacial score (nSPS) is 13.7. The van der Waals surface area contributed by atoms with Gasteiger partial charge in [0, 0.05) is 25.2 Å². The molecule has 2 N–H and O–H groups in total. The second kappa shape index (κ2) is 12.9. The highest BCUT2D eigenvalue weighted by Gasteiger charge is 2.10. The summed E-state index contributed by atoms with van der Waals surface area (Å²) in [7, 11) is 0. The molecule has 0 radical (unpaired) electrons. The van der Waals surface area contributed by atoms with Gasteiger partial charge >= 0.3 is 0 Å². The highest BCUT2D eigenvalue weighted by Crippen LogP contribution is 2.19. The van der Waals surface area contributed by atoms with E-state index in [0.29, 0.717) is 23.9 Å². The molecule has 2 nitrogen and oxygen atoms in total. The third-order valence-electron chi connectivity index (χ3n) is 5.77. The van der Waals surface area contributed by atoms with E-state index in [-0.39, 0.29) is 0 Å². The van der Waals surface area contributed by atoms with Gasteiger partial charge in [0.05, 0.1) is 0 Å². The van der Waals surface area contributed by atoms with E-state index in [4.69, 9.17) is 0 Å². The fourth-order valence-electron chi connectivity index (χ4n) is 3.99. The van der Waals surface area contributed by atoms with E-state index in [2.05, 4.69) is 101 Å². The van der Waals surface area contributed by atoms with Crippen LogP contribution >= 0.6 is 0 Å². The molecular formula is C28H44N2. The molecule has 2 heteroatoms. The van der Waals surface area contributed by atoms with E-state index in [1.165, 1.54) is 41.5 Å². The molecule has 0 aliphatic heterocycles. The monoisotopic (exact) mass is 408 g/mol. The first-order valence-corrected chi connectivity index (χ1v) is 11.9. The fraction of sp³-hybridized carbons (Fsp3) is 0.571. The van der Waals surface area contributed by atoms with Gasteiger partial charge in [-0.05, 0) is 66.7 Å². The Kier molecular flexibility index (Phi) is 10.6. The van der Waals surface area contributed by atoms with Gasteiger partial charge in [0.1, 0.15) is 0 Å². The predicted molar refractivity (Wildman–Crippen MR) is 132 cm³/mol. The van der Waals surface area contributed by atoms with Crippen molar-refractivity contribution in [2.24, 2.45) is 11.8 Å². The Morgan fingerprint density at radius 2 is 1.37 bits per heavy atom. The summed E-state index contributed by atoms with van der Waals surface area (Å²) >= 11 is 0. The Bertz CT molecular complexity index is 735. The lowest BCUT2D eigenvalue weighted by Gasteiger charge is -2.19.